The summed E-state index contributed by atoms with van der Waals surface area (Å²) in [6, 6.07) is 5.19. The molecule has 0 saturated carbocycles. The van der Waals surface area contributed by atoms with Crippen LogP contribution in [0.1, 0.15) is 0 Å². The van der Waals surface area contributed by atoms with Crippen LogP contribution in [0.2, 0.25) is 0 Å². The minimum absolute atomic E-state index is 0.137. The zero-order valence-electron chi connectivity index (χ0n) is 7.88. The Kier molecular flexibility index (Phi) is 2.85. The lowest BCUT2D eigenvalue weighted by Crippen LogP contribution is -2.42. The van der Waals surface area contributed by atoms with Crippen molar-refractivity contribution in [2.75, 3.05) is 12.8 Å². The number of sulfonamides is 1. The highest BCUT2D eigenvalue weighted by molar-refractivity contribution is 7.89. The Morgan fingerprint density at radius 2 is 1.80 bits per heavy atom. The molecule has 0 atom stereocenters. The second-order valence-corrected chi connectivity index (χ2v) is 4.78. The predicted octanol–water partition coefficient (Wildman–Crippen LogP) is -0.767. The SMILES string of the molecule is CN(C(=O)[O-])S(=O)(=O)c1ccc(N)cc1. The van der Waals surface area contributed by atoms with Crippen LogP contribution in [0.25, 0.3) is 0 Å². The number of nitrogens with zero attached hydrogens (tertiary/aromatic N) is 1. The van der Waals surface area contributed by atoms with Crippen LogP contribution < -0.4 is 10.8 Å². The molecule has 6 nitrogen and oxygen atoms in total. The average Bonchev–Trinajstić information content (AvgIpc) is 2.17. The second kappa shape index (κ2) is 3.77. The second-order valence-electron chi connectivity index (χ2n) is 2.81. The fourth-order valence-electron chi connectivity index (χ4n) is 0.896. The topological polar surface area (TPSA) is 104 Å². The van der Waals surface area contributed by atoms with Crippen molar-refractivity contribution in [3.63, 3.8) is 0 Å². The van der Waals surface area contributed by atoms with Crippen molar-refractivity contribution in [1.29, 1.82) is 0 Å². The molecule has 0 bridgehead atoms. The summed E-state index contributed by atoms with van der Waals surface area (Å²) in [6.45, 7) is 0. The first kappa shape index (κ1) is 11.3. The number of rotatable bonds is 2. The summed E-state index contributed by atoms with van der Waals surface area (Å²) < 4.78 is 23.2. The standard InChI is InChI=1S/C8H10N2O4S/c1-10(8(11)12)15(13,14)7-4-2-6(9)3-5-7/h2-5H,9H2,1H3,(H,11,12)/p-1. The van der Waals surface area contributed by atoms with E-state index >= 15 is 0 Å². The molecule has 0 aliphatic rings. The lowest BCUT2D eigenvalue weighted by atomic mass is 10.3. The molecular weight excluding hydrogens is 220 g/mol. The molecule has 0 aliphatic carbocycles. The summed E-state index contributed by atoms with van der Waals surface area (Å²) in [5.41, 5.74) is 5.76. The minimum atomic E-state index is -4.04. The highest BCUT2D eigenvalue weighted by atomic mass is 32.2. The molecule has 0 fully saturated rings. The first-order chi connectivity index (χ1) is 6.85. The molecule has 1 aromatic rings. The summed E-state index contributed by atoms with van der Waals surface area (Å²) in [5.74, 6) is 0. The zero-order chi connectivity index (χ0) is 11.6. The van der Waals surface area contributed by atoms with E-state index < -0.39 is 16.1 Å². The van der Waals surface area contributed by atoms with Gasteiger partial charge < -0.3 is 15.6 Å². The predicted molar refractivity (Wildman–Crippen MR) is 51.2 cm³/mol. The quantitative estimate of drug-likeness (QED) is 0.671. The zero-order valence-corrected chi connectivity index (χ0v) is 8.69. The van der Waals surface area contributed by atoms with Crippen LogP contribution in [-0.2, 0) is 10.0 Å². The van der Waals surface area contributed by atoms with Crippen LogP contribution in [0.5, 0.6) is 0 Å². The largest absolute Gasteiger partial charge is 0.529 e. The van der Waals surface area contributed by atoms with E-state index in [4.69, 9.17) is 5.73 Å². The molecule has 0 spiro atoms. The van der Waals surface area contributed by atoms with Gasteiger partial charge in [-0.1, -0.05) is 0 Å². The van der Waals surface area contributed by atoms with Crippen molar-refractivity contribution >= 4 is 21.8 Å². The Balaban J connectivity index is 3.17. The molecule has 0 aromatic heterocycles. The van der Waals surface area contributed by atoms with Gasteiger partial charge >= 0.3 is 0 Å². The Morgan fingerprint density at radius 3 is 2.20 bits per heavy atom. The minimum Gasteiger partial charge on any atom is -0.529 e. The molecule has 82 valence electrons. The van der Waals surface area contributed by atoms with Gasteiger partial charge in [-0.2, -0.15) is 0 Å². The molecule has 15 heavy (non-hydrogen) atoms. The summed E-state index contributed by atoms with van der Waals surface area (Å²) in [7, 11) is -3.14. The molecular formula is C8H9N2O4S-. The number of benzene rings is 1. The Labute approximate surface area is 87.0 Å². The van der Waals surface area contributed by atoms with Gasteiger partial charge in [0.1, 0.15) is 0 Å². The van der Waals surface area contributed by atoms with Crippen molar-refractivity contribution < 1.29 is 18.3 Å². The summed E-state index contributed by atoms with van der Waals surface area (Å²) in [5, 5.41) is 10.4. The maximum Gasteiger partial charge on any atom is 0.265 e. The van der Waals surface area contributed by atoms with Crippen molar-refractivity contribution in [2.45, 2.75) is 4.90 Å². The molecule has 1 aromatic carbocycles. The van der Waals surface area contributed by atoms with E-state index in [0.717, 1.165) is 7.05 Å². The van der Waals surface area contributed by atoms with Gasteiger partial charge in [0.15, 0.2) is 6.09 Å². The number of carbonyl (C=O) groups is 1. The van der Waals surface area contributed by atoms with Crippen LogP contribution in [0.15, 0.2) is 29.2 Å². The molecule has 0 radical (unpaired) electrons. The molecule has 0 saturated heterocycles. The summed E-state index contributed by atoms with van der Waals surface area (Å²) in [4.78, 5) is 10.2. The molecule has 7 heteroatoms. The van der Waals surface area contributed by atoms with Crippen LogP contribution in [0.4, 0.5) is 10.5 Å². The monoisotopic (exact) mass is 229 g/mol. The van der Waals surface area contributed by atoms with E-state index in [0.29, 0.717) is 5.69 Å². The number of amides is 1. The smallest absolute Gasteiger partial charge is 0.265 e. The fraction of sp³-hybridized carbons (Fsp3) is 0.125. The third kappa shape index (κ3) is 2.18. The number of hydrogen-bond acceptors (Lipinski definition) is 5. The van der Waals surface area contributed by atoms with Gasteiger partial charge in [0, 0.05) is 12.7 Å². The van der Waals surface area contributed by atoms with Crippen molar-refractivity contribution in [2.24, 2.45) is 0 Å². The molecule has 0 unspecified atom stereocenters. The molecule has 2 N–H and O–H groups in total. The Hall–Kier alpha value is -1.76. The van der Waals surface area contributed by atoms with Crippen LogP contribution in [0, 0.1) is 0 Å². The van der Waals surface area contributed by atoms with Crippen molar-refractivity contribution in [3.8, 4) is 0 Å². The van der Waals surface area contributed by atoms with E-state index in [1.165, 1.54) is 24.3 Å². The highest BCUT2D eigenvalue weighted by Gasteiger charge is 2.20. The summed E-state index contributed by atoms with van der Waals surface area (Å²) in [6.07, 6.45) is -1.79. The van der Waals surface area contributed by atoms with Crippen LogP contribution in [-0.4, -0.2) is 25.9 Å². The number of nitrogens with two attached hydrogens (primary N) is 1. The summed E-state index contributed by atoms with van der Waals surface area (Å²) >= 11 is 0. The van der Waals surface area contributed by atoms with E-state index in [9.17, 15) is 18.3 Å². The first-order valence-electron chi connectivity index (χ1n) is 3.91. The molecule has 1 amide bonds. The number of nitrogen functional groups attached to an aromatic ring is 1. The average molecular weight is 229 g/mol. The maximum absolute atomic E-state index is 11.5. The van der Waals surface area contributed by atoms with E-state index in [-0.39, 0.29) is 9.20 Å². The number of carboxylic acid groups (broad SMARTS) is 1. The highest BCUT2D eigenvalue weighted by Crippen LogP contribution is 2.15. The first-order valence-corrected chi connectivity index (χ1v) is 5.35. The van der Waals surface area contributed by atoms with Gasteiger partial charge in [-0.25, -0.2) is 8.42 Å². The van der Waals surface area contributed by atoms with E-state index in [2.05, 4.69) is 0 Å². The Morgan fingerprint density at radius 1 is 1.33 bits per heavy atom. The molecule has 1 rings (SSSR count). The van der Waals surface area contributed by atoms with Crippen molar-refractivity contribution in [3.05, 3.63) is 24.3 Å². The third-order valence-corrected chi connectivity index (χ3v) is 3.53. The fourth-order valence-corrected chi connectivity index (χ4v) is 1.89. The Bertz CT molecular complexity index is 466. The normalized spacial score (nSPS) is 11.0. The third-order valence-electron chi connectivity index (χ3n) is 1.80. The van der Waals surface area contributed by atoms with Crippen molar-refractivity contribution in [1.82, 2.24) is 4.31 Å². The van der Waals surface area contributed by atoms with E-state index in [1.807, 2.05) is 0 Å². The van der Waals surface area contributed by atoms with Gasteiger partial charge in [0.25, 0.3) is 10.0 Å². The van der Waals surface area contributed by atoms with E-state index in [1.54, 1.807) is 0 Å². The number of carbonyl (C=O) groups excluding carboxylic acids is 1. The maximum atomic E-state index is 11.5. The van der Waals surface area contributed by atoms with Gasteiger partial charge in [-0.3, -0.25) is 4.31 Å². The molecule has 0 aliphatic heterocycles. The lowest BCUT2D eigenvalue weighted by Gasteiger charge is -2.19. The number of anilines is 1. The van der Waals surface area contributed by atoms with Crippen LogP contribution >= 0.6 is 0 Å². The van der Waals surface area contributed by atoms with Gasteiger partial charge in [0.05, 0.1) is 4.90 Å². The van der Waals surface area contributed by atoms with Gasteiger partial charge in [-0.05, 0) is 24.3 Å². The lowest BCUT2D eigenvalue weighted by molar-refractivity contribution is -0.258. The van der Waals surface area contributed by atoms with Gasteiger partial charge in [0.2, 0.25) is 0 Å². The number of hydrogen-bond donors (Lipinski definition) is 1. The van der Waals surface area contributed by atoms with Crippen LogP contribution in [0.3, 0.4) is 0 Å². The van der Waals surface area contributed by atoms with Gasteiger partial charge in [-0.15, -0.1) is 0 Å². The molecule has 0 heterocycles.